The molecular weight excluding hydrogens is 290 g/mol. The van der Waals surface area contributed by atoms with Gasteiger partial charge >= 0.3 is 12.0 Å². The smallest absolute Gasteiger partial charge is 0.335 e. The van der Waals surface area contributed by atoms with Crippen LogP contribution >= 0.6 is 0 Å². The first-order valence-corrected chi connectivity index (χ1v) is 6.44. The van der Waals surface area contributed by atoms with Crippen molar-refractivity contribution in [1.29, 1.82) is 0 Å². The van der Waals surface area contributed by atoms with Gasteiger partial charge in [0.05, 0.1) is 16.5 Å². The first-order chi connectivity index (χ1) is 10.3. The van der Waals surface area contributed by atoms with Crippen LogP contribution in [0.5, 0.6) is 0 Å². The molecule has 2 amide bonds. The Hall–Kier alpha value is -2.90. The summed E-state index contributed by atoms with van der Waals surface area (Å²) in [5, 5.41) is 20.4. The van der Waals surface area contributed by atoms with Crippen molar-refractivity contribution in [1.82, 2.24) is 9.80 Å². The number of nitrogens with zero attached hydrogens (tertiary/aromatic N) is 3. The van der Waals surface area contributed by atoms with E-state index in [2.05, 4.69) is 0 Å². The average Bonchev–Trinajstić information content (AvgIpc) is 2.48. The van der Waals surface area contributed by atoms with Gasteiger partial charge in [-0.25, -0.2) is 9.59 Å². The number of carboxylic acid groups (broad SMARTS) is 1. The van der Waals surface area contributed by atoms with Crippen LogP contribution in [0.25, 0.3) is 0 Å². The van der Waals surface area contributed by atoms with Gasteiger partial charge in [-0.1, -0.05) is 12.1 Å². The number of nitro groups is 1. The number of rotatable bonds is 3. The Bertz CT molecular complexity index is 697. The Morgan fingerprint density at radius 2 is 2.00 bits per heavy atom. The van der Waals surface area contributed by atoms with E-state index in [9.17, 15) is 24.8 Å². The summed E-state index contributed by atoms with van der Waals surface area (Å²) < 4.78 is 0. The van der Waals surface area contributed by atoms with E-state index >= 15 is 0 Å². The summed E-state index contributed by atoms with van der Waals surface area (Å²) >= 11 is 0. The third kappa shape index (κ3) is 2.39. The fraction of sp³-hybridized carbons (Fsp3) is 0.286. The molecule has 1 heterocycles. The summed E-state index contributed by atoms with van der Waals surface area (Å²) in [5.74, 6) is -1.17. The summed E-state index contributed by atoms with van der Waals surface area (Å²) in [6.45, 7) is 1.54. The lowest BCUT2D eigenvalue weighted by atomic mass is 9.93. The van der Waals surface area contributed by atoms with Crippen molar-refractivity contribution in [2.45, 2.75) is 13.0 Å². The van der Waals surface area contributed by atoms with Gasteiger partial charge in [-0.15, -0.1) is 0 Å². The van der Waals surface area contributed by atoms with Crippen LogP contribution in [0.15, 0.2) is 35.5 Å². The molecule has 0 aromatic heterocycles. The van der Waals surface area contributed by atoms with E-state index in [1.54, 1.807) is 13.0 Å². The van der Waals surface area contributed by atoms with Crippen LogP contribution in [0.4, 0.5) is 10.5 Å². The first kappa shape index (κ1) is 15.5. The Morgan fingerprint density at radius 3 is 2.55 bits per heavy atom. The number of urea groups is 1. The fourth-order valence-electron chi connectivity index (χ4n) is 2.53. The van der Waals surface area contributed by atoms with Crippen molar-refractivity contribution < 1.29 is 19.6 Å². The second-order valence-electron chi connectivity index (χ2n) is 5.01. The summed E-state index contributed by atoms with van der Waals surface area (Å²) in [6.07, 6.45) is 0. The second-order valence-corrected chi connectivity index (χ2v) is 5.01. The molecule has 22 heavy (non-hydrogen) atoms. The third-order valence-corrected chi connectivity index (χ3v) is 3.77. The number of hydrogen-bond donors (Lipinski definition) is 1. The van der Waals surface area contributed by atoms with Gasteiger partial charge in [0.1, 0.15) is 0 Å². The molecule has 116 valence electrons. The van der Waals surface area contributed by atoms with E-state index in [1.165, 1.54) is 42.1 Å². The van der Waals surface area contributed by atoms with E-state index in [-0.39, 0.29) is 17.3 Å². The summed E-state index contributed by atoms with van der Waals surface area (Å²) in [6, 6.07) is 4.40. The SMILES string of the molecule is CC1=C(C(=O)O)[C@H](c2cccc([N+](=O)[O-])c2)N(C)C(=O)N1C. The number of carbonyl (C=O) groups is 2. The van der Waals surface area contributed by atoms with Crippen LogP contribution in [0.2, 0.25) is 0 Å². The Labute approximate surface area is 126 Å². The third-order valence-electron chi connectivity index (χ3n) is 3.77. The highest BCUT2D eigenvalue weighted by Gasteiger charge is 2.38. The summed E-state index contributed by atoms with van der Waals surface area (Å²) in [4.78, 5) is 36.7. The molecule has 2 rings (SSSR count). The van der Waals surface area contributed by atoms with Gasteiger partial charge in [0.2, 0.25) is 0 Å². The Balaban J connectivity index is 2.64. The largest absolute Gasteiger partial charge is 0.478 e. The Morgan fingerprint density at radius 1 is 1.36 bits per heavy atom. The van der Waals surface area contributed by atoms with E-state index < -0.39 is 16.9 Å². The Kier molecular flexibility index (Phi) is 3.85. The molecule has 0 bridgehead atoms. The van der Waals surface area contributed by atoms with E-state index in [0.29, 0.717) is 11.3 Å². The number of aliphatic carboxylic acids is 1. The molecule has 1 aromatic rings. The highest BCUT2D eigenvalue weighted by molar-refractivity contribution is 5.93. The van der Waals surface area contributed by atoms with Crippen LogP contribution in [-0.4, -0.2) is 45.9 Å². The monoisotopic (exact) mass is 305 g/mol. The van der Waals surface area contributed by atoms with Crippen LogP contribution in [0.1, 0.15) is 18.5 Å². The van der Waals surface area contributed by atoms with Gasteiger partial charge in [0, 0.05) is 31.9 Å². The van der Waals surface area contributed by atoms with E-state index in [1.807, 2.05) is 0 Å². The predicted molar refractivity (Wildman–Crippen MR) is 77.1 cm³/mol. The van der Waals surface area contributed by atoms with Gasteiger partial charge in [-0.2, -0.15) is 0 Å². The maximum absolute atomic E-state index is 12.2. The molecule has 8 heteroatoms. The topological polar surface area (TPSA) is 104 Å². The molecule has 1 aliphatic heterocycles. The number of carbonyl (C=O) groups excluding carboxylic acids is 1. The van der Waals surface area contributed by atoms with Gasteiger partial charge in [0.25, 0.3) is 5.69 Å². The zero-order valence-corrected chi connectivity index (χ0v) is 12.3. The van der Waals surface area contributed by atoms with Crippen molar-refractivity contribution >= 4 is 17.7 Å². The predicted octanol–water partition coefficient (Wildman–Crippen LogP) is 1.99. The van der Waals surface area contributed by atoms with Crippen LogP contribution in [0.3, 0.4) is 0 Å². The van der Waals surface area contributed by atoms with Crippen LogP contribution in [0, 0.1) is 10.1 Å². The van der Waals surface area contributed by atoms with Crippen molar-refractivity contribution in [3.8, 4) is 0 Å². The van der Waals surface area contributed by atoms with Crippen molar-refractivity contribution in [3.05, 3.63) is 51.2 Å². The van der Waals surface area contributed by atoms with Gasteiger partial charge < -0.3 is 14.9 Å². The first-order valence-electron chi connectivity index (χ1n) is 6.44. The van der Waals surface area contributed by atoms with Crippen LogP contribution in [-0.2, 0) is 4.79 Å². The van der Waals surface area contributed by atoms with E-state index in [0.717, 1.165) is 0 Å². The molecule has 8 nitrogen and oxygen atoms in total. The van der Waals surface area contributed by atoms with Crippen molar-refractivity contribution in [2.24, 2.45) is 0 Å². The van der Waals surface area contributed by atoms with Crippen molar-refractivity contribution in [2.75, 3.05) is 14.1 Å². The molecule has 0 fully saturated rings. The number of carboxylic acids is 1. The van der Waals surface area contributed by atoms with Crippen molar-refractivity contribution in [3.63, 3.8) is 0 Å². The number of benzene rings is 1. The molecule has 0 radical (unpaired) electrons. The molecule has 1 atom stereocenters. The molecule has 1 aromatic carbocycles. The maximum Gasteiger partial charge on any atom is 0.335 e. The fourth-order valence-corrected chi connectivity index (χ4v) is 2.53. The van der Waals surface area contributed by atoms with Gasteiger partial charge in [-0.05, 0) is 12.5 Å². The van der Waals surface area contributed by atoms with Gasteiger partial charge in [0.15, 0.2) is 0 Å². The minimum absolute atomic E-state index is 0.0186. The number of non-ortho nitro benzene ring substituents is 1. The van der Waals surface area contributed by atoms with Crippen LogP contribution < -0.4 is 0 Å². The molecule has 0 saturated carbocycles. The number of allylic oxidation sites excluding steroid dienone is 1. The summed E-state index contributed by atoms with van der Waals surface area (Å²) in [7, 11) is 2.96. The number of amides is 2. The number of hydrogen-bond acceptors (Lipinski definition) is 4. The standard InChI is InChI=1S/C14H15N3O5/c1-8-11(13(18)19)12(16(3)14(20)15(8)2)9-5-4-6-10(7-9)17(21)22/h4-7,12H,1-3H3,(H,18,19)/t12-/m0/s1. The molecule has 1 N–H and O–H groups in total. The second kappa shape index (κ2) is 5.47. The highest BCUT2D eigenvalue weighted by atomic mass is 16.6. The van der Waals surface area contributed by atoms with E-state index in [4.69, 9.17) is 0 Å². The molecule has 0 aliphatic carbocycles. The lowest BCUT2D eigenvalue weighted by Crippen LogP contribution is -2.47. The highest BCUT2D eigenvalue weighted by Crippen LogP contribution is 2.36. The molecule has 0 spiro atoms. The number of likely N-dealkylation sites (N-methyl/N-ethyl adjacent to an activating group) is 1. The van der Waals surface area contributed by atoms with Gasteiger partial charge in [-0.3, -0.25) is 10.1 Å². The zero-order chi connectivity index (χ0) is 16.6. The maximum atomic E-state index is 12.2. The molecule has 0 unspecified atom stereocenters. The average molecular weight is 305 g/mol. The summed E-state index contributed by atoms with van der Waals surface area (Å²) in [5.41, 5.74) is 0.562. The zero-order valence-electron chi connectivity index (χ0n) is 12.3. The molecular formula is C14H15N3O5. The lowest BCUT2D eigenvalue weighted by molar-refractivity contribution is -0.384. The minimum Gasteiger partial charge on any atom is -0.478 e. The lowest BCUT2D eigenvalue weighted by Gasteiger charge is -2.38. The quantitative estimate of drug-likeness (QED) is 0.679. The molecule has 1 aliphatic rings. The number of nitro benzene ring substituents is 1. The molecule has 0 saturated heterocycles. The minimum atomic E-state index is -1.17. The normalized spacial score (nSPS) is 18.7.